The van der Waals surface area contributed by atoms with Crippen molar-refractivity contribution in [1.82, 2.24) is 41.5 Å². The van der Waals surface area contributed by atoms with Gasteiger partial charge in [0.05, 0.1) is 17.1 Å². The first kappa shape index (κ1) is 46.8. The third-order valence-corrected chi connectivity index (χ3v) is 11.9. The van der Waals surface area contributed by atoms with Gasteiger partial charge in [0, 0.05) is 25.6 Å². The van der Waals surface area contributed by atoms with Gasteiger partial charge in [0.1, 0.15) is 36.0 Å². The van der Waals surface area contributed by atoms with Gasteiger partial charge in [-0.15, -0.1) is 0 Å². The van der Waals surface area contributed by atoms with E-state index in [4.69, 9.17) is 10.7 Å². The van der Waals surface area contributed by atoms with Crippen LogP contribution >= 0.6 is 0 Å². The molecule has 1 saturated heterocycles. The number of fused-ring (bicyclic) bond motifs is 1. The predicted molar refractivity (Wildman–Crippen MR) is 235 cm³/mol. The molecule has 6 atom stereocenters. The number of carbonyl (C=O) groups is 6. The Morgan fingerprint density at radius 2 is 1.43 bits per heavy atom. The number of nitrogens with one attached hydrogen (secondary N) is 6. The highest BCUT2D eigenvalue weighted by Gasteiger charge is 2.40. The third-order valence-electron chi connectivity index (χ3n) is 11.9. The zero-order chi connectivity index (χ0) is 44.4. The Kier molecular flexibility index (Phi) is 16.5. The number of rotatable bonds is 19. The van der Waals surface area contributed by atoms with Crippen LogP contribution in [0, 0.1) is 23.7 Å². The predicted octanol–water partition coefficient (Wildman–Crippen LogP) is 4.23. The van der Waals surface area contributed by atoms with Crippen LogP contribution in [0.3, 0.4) is 0 Å². The summed E-state index contributed by atoms with van der Waals surface area (Å²) in [5.74, 6) is -2.22. The van der Waals surface area contributed by atoms with Crippen LogP contribution < -0.4 is 32.3 Å². The second-order valence-electron chi connectivity index (χ2n) is 18.0. The normalized spacial score (nSPS) is 18.1. The van der Waals surface area contributed by atoms with E-state index in [1.54, 1.807) is 13.8 Å². The lowest BCUT2D eigenvalue weighted by Gasteiger charge is -2.31. The number of aromatic nitrogens is 2. The topological polar surface area (TPSA) is 221 Å². The van der Waals surface area contributed by atoms with Crippen LogP contribution in [0.25, 0.3) is 22.2 Å². The van der Waals surface area contributed by atoms with Crippen LogP contribution in [0.1, 0.15) is 112 Å². The Balaban J connectivity index is 1.28. The van der Waals surface area contributed by atoms with Crippen molar-refractivity contribution in [1.29, 1.82) is 0 Å². The number of nitrogens with zero attached hydrogens (tertiary/aromatic N) is 2. The van der Waals surface area contributed by atoms with Crippen LogP contribution in [0.2, 0.25) is 0 Å². The van der Waals surface area contributed by atoms with Gasteiger partial charge in [0.2, 0.25) is 35.4 Å². The van der Waals surface area contributed by atoms with Gasteiger partial charge in [0.25, 0.3) is 0 Å². The van der Waals surface area contributed by atoms with Crippen molar-refractivity contribution >= 4 is 46.5 Å². The Labute approximate surface area is 359 Å². The SMILES string of the molecule is CC(=O)N[C@@H](CC(C)C)C(=O)N1CCC[C@H]1C(=O)N[C@H](C(=O)N[C@@H](CN)C(=O)N[C@@H](CC1CCCC1)C(=O)N[C@H](c1nc2c(-c3ccccc3)cccc2[nH]1)C(C)C)C(C)C. The molecule has 6 amide bonds. The lowest BCUT2D eigenvalue weighted by molar-refractivity contribution is -0.142. The smallest absolute Gasteiger partial charge is 0.245 e. The molecule has 5 rings (SSSR count). The average molecular weight is 842 g/mol. The Bertz CT molecular complexity index is 1990. The lowest BCUT2D eigenvalue weighted by atomic mass is 9.96. The molecule has 15 nitrogen and oxygen atoms in total. The molecule has 1 aromatic heterocycles. The molecule has 0 radical (unpaired) electrons. The van der Waals surface area contributed by atoms with Crippen LogP contribution in [0.15, 0.2) is 48.5 Å². The van der Waals surface area contributed by atoms with Crippen molar-refractivity contribution in [3.05, 3.63) is 54.4 Å². The summed E-state index contributed by atoms with van der Waals surface area (Å²) >= 11 is 0. The van der Waals surface area contributed by atoms with Crippen LogP contribution in [-0.2, 0) is 28.8 Å². The first-order chi connectivity index (χ1) is 29.1. The van der Waals surface area contributed by atoms with Crippen LogP contribution in [-0.4, -0.2) is 93.6 Å². The molecule has 0 spiro atoms. The number of nitrogens with two attached hydrogens (primary N) is 1. The first-order valence-corrected chi connectivity index (χ1v) is 22.1. The van der Waals surface area contributed by atoms with Crippen LogP contribution in [0.4, 0.5) is 0 Å². The number of imidazole rings is 1. The van der Waals surface area contributed by atoms with Gasteiger partial charge in [-0.05, 0) is 61.0 Å². The summed E-state index contributed by atoms with van der Waals surface area (Å²) in [4.78, 5) is 91.3. The summed E-state index contributed by atoms with van der Waals surface area (Å²) in [7, 11) is 0. The van der Waals surface area contributed by atoms with E-state index in [0.29, 0.717) is 38.1 Å². The molecule has 1 saturated carbocycles. The van der Waals surface area contributed by atoms with Crippen molar-refractivity contribution in [2.45, 2.75) is 136 Å². The Morgan fingerprint density at radius 1 is 0.754 bits per heavy atom. The summed E-state index contributed by atoms with van der Waals surface area (Å²) in [6.45, 7) is 12.9. The molecule has 15 heteroatoms. The average Bonchev–Trinajstić information content (AvgIpc) is 4.01. The van der Waals surface area contributed by atoms with Crippen LogP contribution in [0.5, 0.6) is 0 Å². The number of likely N-dealkylation sites (tertiary alicyclic amines) is 1. The fourth-order valence-corrected chi connectivity index (χ4v) is 8.66. The van der Waals surface area contributed by atoms with Gasteiger partial charge in [-0.2, -0.15) is 0 Å². The van der Waals surface area contributed by atoms with Gasteiger partial charge in [-0.25, -0.2) is 4.98 Å². The fraction of sp³-hybridized carbons (Fsp3) is 0.587. The number of amides is 6. The zero-order valence-corrected chi connectivity index (χ0v) is 36.9. The molecule has 61 heavy (non-hydrogen) atoms. The molecule has 0 bridgehead atoms. The molecule has 2 aliphatic rings. The number of benzene rings is 2. The quantitative estimate of drug-likeness (QED) is 0.0924. The minimum absolute atomic E-state index is 0.0557. The van der Waals surface area contributed by atoms with E-state index in [2.05, 4.69) is 31.6 Å². The summed E-state index contributed by atoms with van der Waals surface area (Å²) < 4.78 is 0. The number of H-pyrrole nitrogens is 1. The molecule has 8 N–H and O–H groups in total. The number of para-hydroxylation sites is 1. The summed E-state index contributed by atoms with van der Waals surface area (Å²) in [6.07, 6.45) is 5.83. The molecular weight excluding hydrogens is 775 g/mol. The summed E-state index contributed by atoms with van der Waals surface area (Å²) in [5, 5.41) is 14.4. The fourth-order valence-electron chi connectivity index (χ4n) is 8.66. The minimum Gasteiger partial charge on any atom is -0.345 e. The number of aromatic amines is 1. The Morgan fingerprint density at radius 3 is 2.05 bits per heavy atom. The molecule has 1 aliphatic carbocycles. The molecule has 3 aromatic rings. The highest BCUT2D eigenvalue weighted by atomic mass is 16.2. The Hall–Kier alpha value is -5.31. The highest BCUT2D eigenvalue weighted by Crippen LogP contribution is 2.31. The maximum absolute atomic E-state index is 14.3. The van der Waals surface area contributed by atoms with Crippen molar-refractivity contribution in [2.24, 2.45) is 29.4 Å². The molecule has 2 heterocycles. The molecule has 0 unspecified atom stereocenters. The second-order valence-corrected chi connectivity index (χ2v) is 18.0. The molecule has 2 fully saturated rings. The van der Waals surface area contributed by atoms with E-state index in [9.17, 15) is 28.8 Å². The van der Waals surface area contributed by atoms with Crippen molar-refractivity contribution < 1.29 is 28.8 Å². The molecule has 332 valence electrons. The van der Waals surface area contributed by atoms with E-state index in [0.717, 1.165) is 47.8 Å². The van der Waals surface area contributed by atoms with E-state index in [-0.39, 0.29) is 47.9 Å². The van der Waals surface area contributed by atoms with Crippen molar-refractivity contribution in [3.8, 4) is 11.1 Å². The first-order valence-electron chi connectivity index (χ1n) is 22.1. The van der Waals surface area contributed by atoms with Gasteiger partial charge >= 0.3 is 0 Å². The monoisotopic (exact) mass is 842 g/mol. The molecular formula is C46H67N9O6. The maximum Gasteiger partial charge on any atom is 0.245 e. The minimum atomic E-state index is -1.20. The molecule has 2 aromatic carbocycles. The zero-order valence-electron chi connectivity index (χ0n) is 36.9. The van der Waals surface area contributed by atoms with Crippen molar-refractivity contribution in [3.63, 3.8) is 0 Å². The van der Waals surface area contributed by atoms with Crippen molar-refractivity contribution in [2.75, 3.05) is 13.1 Å². The standard InChI is InChI=1S/C46H67N9O6/c1-26(2)23-35(48-29(7)56)46(61)55-22-14-21-37(55)44(59)54-39(28(5)6)45(60)51-36(25-47)43(58)50-34(24-30-15-11-12-16-30)42(57)53-38(27(3)4)41-49-33-20-13-19-32(40(33)52-41)31-17-9-8-10-18-31/h8-10,13,17-20,26-28,30,34-39H,11-12,14-16,21-25,47H2,1-7H3,(H,48,56)(H,49,52)(H,50,58)(H,51,60)(H,53,57)(H,54,59)/t34-,35-,36-,37-,38-,39-/m0/s1. The maximum atomic E-state index is 14.3. The van der Waals surface area contributed by atoms with E-state index in [1.165, 1.54) is 11.8 Å². The third kappa shape index (κ3) is 12.2. The summed E-state index contributed by atoms with van der Waals surface area (Å²) in [6, 6.07) is 10.7. The highest BCUT2D eigenvalue weighted by molar-refractivity contribution is 5.97. The number of carbonyl (C=O) groups excluding carboxylic acids is 6. The van der Waals surface area contributed by atoms with E-state index in [1.807, 2.05) is 76.2 Å². The van der Waals surface area contributed by atoms with E-state index >= 15 is 0 Å². The lowest BCUT2D eigenvalue weighted by Crippen LogP contribution is -2.61. The largest absolute Gasteiger partial charge is 0.345 e. The second kappa shape index (κ2) is 21.5. The number of hydrogen-bond acceptors (Lipinski definition) is 8. The van der Waals surface area contributed by atoms with Gasteiger partial charge < -0.3 is 42.2 Å². The van der Waals surface area contributed by atoms with Gasteiger partial charge in [-0.1, -0.05) is 110 Å². The molecule has 1 aliphatic heterocycles. The summed E-state index contributed by atoms with van der Waals surface area (Å²) in [5.41, 5.74) is 9.74. The number of hydrogen-bond donors (Lipinski definition) is 7. The van der Waals surface area contributed by atoms with Gasteiger partial charge in [0.15, 0.2) is 0 Å². The van der Waals surface area contributed by atoms with Gasteiger partial charge in [-0.3, -0.25) is 28.8 Å². The van der Waals surface area contributed by atoms with E-state index < -0.39 is 54.0 Å².